The van der Waals surface area contributed by atoms with E-state index in [1.54, 1.807) is 49.6 Å². The second-order valence-corrected chi connectivity index (χ2v) is 5.39. The molecule has 0 aliphatic heterocycles. The third-order valence-electron chi connectivity index (χ3n) is 3.56. The van der Waals surface area contributed by atoms with Crippen LogP contribution in [0.2, 0.25) is 0 Å². The van der Waals surface area contributed by atoms with Crippen LogP contribution in [-0.4, -0.2) is 31.3 Å². The molecule has 0 bridgehead atoms. The Kier molecular flexibility index (Phi) is 7.07. The molecule has 1 N–H and O–H groups in total. The van der Waals surface area contributed by atoms with Crippen LogP contribution in [0.25, 0.3) is 6.08 Å². The van der Waals surface area contributed by atoms with Gasteiger partial charge in [0.2, 0.25) is 5.91 Å². The number of nitro groups is 1. The second kappa shape index (κ2) is 9.71. The van der Waals surface area contributed by atoms with E-state index in [4.69, 9.17) is 9.47 Å². The normalized spacial score (nSPS) is 10.9. The molecule has 0 unspecified atom stereocenters. The van der Waals surface area contributed by atoms with Crippen LogP contribution < -0.4 is 14.9 Å². The topological polar surface area (TPSA) is 103 Å². The summed E-state index contributed by atoms with van der Waals surface area (Å²) < 4.78 is 10.4. The molecule has 0 radical (unpaired) electrons. The van der Waals surface area contributed by atoms with Crippen LogP contribution in [0, 0.1) is 10.1 Å². The number of carbonyl (C=O) groups excluding carboxylic acids is 1. The number of benzene rings is 2. The molecule has 0 atom stereocenters. The number of nitrogens with zero attached hydrogens (tertiary/aromatic N) is 2. The smallest absolute Gasteiger partial charge is 0.269 e. The first-order valence-corrected chi connectivity index (χ1v) is 7.97. The predicted molar refractivity (Wildman–Crippen MR) is 102 cm³/mol. The van der Waals surface area contributed by atoms with Gasteiger partial charge in [0.15, 0.2) is 11.5 Å². The van der Waals surface area contributed by atoms with Gasteiger partial charge in [0.05, 0.1) is 25.6 Å². The summed E-state index contributed by atoms with van der Waals surface area (Å²) in [5.41, 5.74) is 4.00. The van der Waals surface area contributed by atoms with Crippen LogP contribution in [-0.2, 0) is 11.2 Å². The predicted octanol–water partition coefficient (Wildman–Crippen LogP) is 2.97. The lowest BCUT2D eigenvalue weighted by Crippen LogP contribution is -2.19. The van der Waals surface area contributed by atoms with Crippen molar-refractivity contribution >= 4 is 23.9 Å². The zero-order chi connectivity index (χ0) is 19.6. The molecule has 2 rings (SSSR count). The Hall–Kier alpha value is -3.68. The highest BCUT2D eigenvalue weighted by atomic mass is 16.6. The van der Waals surface area contributed by atoms with Gasteiger partial charge in [-0.3, -0.25) is 14.9 Å². The Bertz CT molecular complexity index is 860. The molecule has 140 valence electrons. The molecule has 8 nitrogen and oxygen atoms in total. The molecule has 2 aromatic rings. The van der Waals surface area contributed by atoms with Crippen molar-refractivity contribution in [3.8, 4) is 11.5 Å². The minimum atomic E-state index is -0.455. The van der Waals surface area contributed by atoms with Crippen LogP contribution in [0.1, 0.15) is 11.1 Å². The number of hydrogen-bond acceptors (Lipinski definition) is 6. The first kappa shape index (κ1) is 19.6. The van der Waals surface area contributed by atoms with E-state index in [1.807, 2.05) is 0 Å². The Morgan fingerprint density at radius 3 is 2.48 bits per heavy atom. The van der Waals surface area contributed by atoms with Crippen LogP contribution >= 0.6 is 0 Å². The Morgan fingerprint density at radius 1 is 1.15 bits per heavy atom. The zero-order valence-electron chi connectivity index (χ0n) is 14.9. The molecule has 0 saturated carbocycles. The molecule has 0 aromatic heterocycles. The van der Waals surface area contributed by atoms with Gasteiger partial charge < -0.3 is 9.47 Å². The van der Waals surface area contributed by atoms with Gasteiger partial charge in [-0.1, -0.05) is 12.1 Å². The third kappa shape index (κ3) is 5.96. The zero-order valence-corrected chi connectivity index (χ0v) is 14.9. The quantitative estimate of drug-likeness (QED) is 0.438. The number of carbonyl (C=O) groups is 1. The van der Waals surface area contributed by atoms with Gasteiger partial charge in [0.1, 0.15) is 0 Å². The van der Waals surface area contributed by atoms with Crippen molar-refractivity contribution < 1.29 is 19.2 Å². The summed E-state index contributed by atoms with van der Waals surface area (Å²) in [6.45, 7) is 0. The summed E-state index contributed by atoms with van der Waals surface area (Å²) >= 11 is 0. The number of nitrogens with one attached hydrogen (secondary N) is 1. The van der Waals surface area contributed by atoms with Crippen molar-refractivity contribution in [2.24, 2.45) is 5.10 Å². The Labute approximate surface area is 156 Å². The number of amides is 1. The highest BCUT2D eigenvalue weighted by molar-refractivity contribution is 5.82. The van der Waals surface area contributed by atoms with Gasteiger partial charge in [0.25, 0.3) is 5.69 Å². The summed E-state index contributed by atoms with van der Waals surface area (Å²) in [5.74, 6) is 0.871. The lowest BCUT2D eigenvalue weighted by Gasteiger charge is -2.08. The highest BCUT2D eigenvalue weighted by Gasteiger charge is 2.07. The SMILES string of the molecule is COc1ccc(CC(=O)N/N=C/C=C/c2ccc([N+](=O)[O-])cc2)cc1OC. The molecule has 8 heteroatoms. The maximum absolute atomic E-state index is 11.9. The van der Waals surface area contributed by atoms with Gasteiger partial charge >= 0.3 is 0 Å². The molecule has 0 spiro atoms. The van der Waals surface area contributed by atoms with Crippen LogP contribution in [0.3, 0.4) is 0 Å². The van der Waals surface area contributed by atoms with Gasteiger partial charge in [-0.05, 0) is 41.5 Å². The van der Waals surface area contributed by atoms with Crippen molar-refractivity contribution in [3.63, 3.8) is 0 Å². The average Bonchev–Trinajstić information content (AvgIpc) is 2.68. The highest BCUT2D eigenvalue weighted by Crippen LogP contribution is 2.27. The van der Waals surface area contributed by atoms with Crippen molar-refractivity contribution in [1.82, 2.24) is 5.43 Å². The van der Waals surface area contributed by atoms with Gasteiger partial charge in [-0.15, -0.1) is 0 Å². The number of nitro benzene ring substituents is 1. The summed E-state index contributed by atoms with van der Waals surface area (Å²) in [5, 5.41) is 14.4. The molecule has 1 amide bonds. The molecule has 0 aliphatic rings. The first-order valence-electron chi connectivity index (χ1n) is 7.97. The van der Waals surface area contributed by atoms with Crippen molar-refractivity contribution in [1.29, 1.82) is 0 Å². The number of methoxy groups -OCH3 is 2. The molecular formula is C19H19N3O5. The number of ether oxygens (including phenoxy) is 2. The molecular weight excluding hydrogens is 350 g/mol. The number of hydrazone groups is 1. The number of allylic oxidation sites excluding steroid dienone is 1. The summed E-state index contributed by atoms with van der Waals surface area (Å²) in [6, 6.07) is 11.3. The van der Waals surface area contributed by atoms with Crippen LogP contribution in [0.4, 0.5) is 5.69 Å². The van der Waals surface area contributed by atoms with Crippen molar-refractivity contribution in [2.45, 2.75) is 6.42 Å². The van der Waals surface area contributed by atoms with E-state index < -0.39 is 4.92 Å². The first-order chi connectivity index (χ1) is 13.0. The minimum absolute atomic E-state index is 0.0308. The standard InChI is InChI=1S/C19H19N3O5/c1-26-17-10-7-15(12-18(17)27-2)13-19(23)21-20-11-3-4-14-5-8-16(9-6-14)22(24)25/h3-12H,13H2,1-2H3,(H,21,23)/b4-3+,20-11+. The van der Waals surface area contributed by atoms with Crippen LogP contribution in [0.15, 0.2) is 53.6 Å². The van der Waals surface area contributed by atoms with E-state index in [0.29, 0.717) is 11.5 Å². The van der Waals surface area contributed by atoms with Crippen molar-refractivity contribution in [3.05, 3.63) is 69.8 Å². The maximum atomic E-state index is 11.9. The van der Waals surface area contributed by atoms with Gasteiger partial charge in [-0.2, -0.15) is 5.10 Å². The lowest BCUT2D eigenvalue weighted by molar-refractivity contribution is -0.384. The Morgan fingerprint density at radius 2 is 1.85 bits per heavy atom. The summed E-state index contributed by atoms with van der Waals surface area (Å²) in [7, 11) is 3.08. The fourth-order valence-corrected chi connectivity index (χ4v) is 2.23. The van der Waals surface area contributed by atoms with E-state index in [9.17, 15) is 14.9 Å². The average molecular weight is 369 g/mol. The van der Waals surface area contributed by atoms with E-state index in [1.165, 1.54) is 25.5 Å². The van der Waals surface area contributed by atoms with Gasteiger partial charge in [0, 0.05) is 18.3 Å². The van der Waals surface area contributed by atoms with E-state index in [-0.39, 0.29) is 18.0 Å². The Balaban J connectivity index is 1.85. The third-order valence-corrected chi connectivity index (χ3v) is 3.56. The molecule has 0 fully saturated rings. The molecule has 0 aliphatic carbocycles. The van der Waals surface area contributed by atoms with E-state index in [0.717, 1.165) is 11.1 Å². The molecule has 0 saturated heterocycles. The largest absolute Gasteiger partial charge is 0.493 e. The lowest BCUT2D eigenvalue weighted by atomic mass is 10.1. The maximum Gasteiger partial charge on any atom is 0.269 e. The molecule has 27 heavy (non-hydrogen) atoms. The molecule has 2 aromatic carbocycles. The summed E-state index contributed by atoms with van der Waals surface area (Å²) in [6.07, 6.45) is 4.91. The number of rotatable bonds is 8. The monoisotopic (exact) mass is 369 g/mol. The minimum Gasteiger partial charge on any atom is -0.493 e. The fourth-order valence-electron chi connectivity index (χ4n) is 2.23. The molecule has 0 heterocycles. The number of hydrogen-bond donors (Lipinski definition) is 1. The van der Waals surface area contributed by atoms with Crippen molar-refractivity contribution in [2.75, 3.05) is 14.2 Å². The number of non-ortho nitro benzene ring substituents is 1. The second-order valence-electron chi connectivity index (χ2n) is 5.39. The van der Waals surface area contributed by atoms with Gasteiger partial charge in [-0.25, -0.2) is 5.43 Å². The van der Waals surface area contributed by atoms with Crippen LogP contribution in [0.5, 0.6) is 11.5 Å². The fraction of sp³-hybridized carbons (Fsp3) is 0.158. The van der Waals surface area contributed by atoms with E-state index in [2.05, 4.69) is 10.5 Å². The summed E-state index contributed by atoms with van der Waals surface area (Å²) in [4.78, 5) is 22.0. The van der Waals surface area contributed by atoms with E-state index >= 15 is 0 Å².